The van der Waals surface area contributed by atoms with Crippen LogP contribution in [0.25, 0.3) is 11.3 Å². The summed E-state index contributed by atoms with van der Waals surface area (Å²) in [5.41, 5.74) is 0.218. The lowest BCUT2D eigenvalue weighted by Gasteiger charge is -2.03. The minimum Gasteiger partial charge on any atom is -0.504 e. The molecular weight excluding hydrogens is 250 g/mol. The number of carboxylic acid groups (broad SMARTS) is 1. The van der Waals surface area contributed by atoms with Gasteiger partial charge >= 0.3 is 5.97 Å². The third-order valence-corrected chi connectivity index (χ3v) is 2.40. The van der Waals surface area contributed by atoms with Gasteiger partial charge < -0.3 is 19.8 Å². The highest BCUT2D eigenvalue weighted by atomic mass is 35.5. The van der Waals surface area contributed by atoms with Crippen molar-refractivity contribution >= 4 is 17.6 Å². The van der Waals surface area contributed by atoms with Crippen molar-refractivity contribution in [2.75, 3.05) is 0 Å². The van der Waals surface area contributed by atoms with Gasteiger partial charge in [-0.2, -0.15) is 0 Å². The summed E-state index contributed by atoms with van der Waals surface area (Å²) in [7, 11) is 0. The van der Waals surface area contributed by atoms with Gasteiger partial charge in [0.2, 0.25) is 5.76 Å². The van der Waals surface area contributed by atoms with E-state index in [1.807, 2.05) is 0 Å². The van der Waals surface area contributed by atoms with Gasteiger partial charge in [0.05, 0.1) is 5.02 Å². The molecule has 1 heterocycles. The van der Waals surface area contributed by atoms with Crippen LogP contribution in [-0.2, 0) is 0 Å². The summed E-state index contributed by atoms with van der Waals surface area (Å²) in [6, 6.07) is 3.87. The number of phenols is 2. The third kappa shape index (κ3) is 1.90. The molecule has 0 unspecified atom stereocenters. The monoisotopic (exact) mass is 255 g/mol. The Hall–Kier alpha value is -2.21. The Kier molecular flexibility index (Phi) is 2.64. The summed E-state index contributed by atoms with van der Waals surface area (Å²) < 4.78 is 4.53. The minimum atomic E-state index is -1.28. The van der Waals surface area contributed by atoms with Crippen LogP contribution in [0.5, 0.6) is 11.5 Å². The smallest absolute Gasteiger partial charge is 0.374 e. The van der Waals surface area contributed by atoms with E-state index >= 15 is 0 Å². The van der Waals surface area contributed by atoms with Crippen LogP contribution in [0.1, 0.15) is 10.6 Å². The average molecular weight is 256 g/mol. The number of nitrogens with zero attached hydrogens (tertiary/aromatic N) is 1. The van der Waals surface area contributed by atoms with E-state index in [0.29, 0.717) is 0 Å². The van der Waals surface area contributed by atoms with Crippen molar-refractivity contribution in [3.8, 4) is 22.8 Å². The maximum atomic E-state index is 10.6. The molecule has 0 aliphatic rings. The second-order valence-electron chi connectivity index (χ2n) is 3.17. The highest BCUT2D eigenvalue weighted by Gasteiger charge is 2.17. The zero-order valence-electron chi connectivity index (χ0n) is 8.22. The highest BCUT2D eigenvalue weighted by molar-refractivity contribution is 6.32. The number of hydrogen-bond acceptors (Lipinski definition) is 5. The standard InChI is InChI=1S/C10H6ClNO5/c11-5-2-1-4(8(13)9(5)14)6-3-7(10(15)16)17-12-6/h1-3,13-14H,(H,15,16). The molecular formula is C10H6ClNO5. The van der Waals surface area contributed by atoms with Crippen molar-refractivity contribution in [2.24, 2.45) is 0 Å². The maximum Gasteiger partial charge on any atom is 0.374 e. The average Bonchev–Trinajstić information content (AvgIpc) is 2.75. The number of carboxylic acids is 1. The molecule has 6 nitrogen and oxygen atoms in total. The molecule has 0 spiro atoms. The molecule has 0 aliphatic carbocycles. The lowest BCUT2D eigenvalue weighted by molar-refractivity contribution is 0.0652. The van der Waals surface area contributed by atoms with Crippen LogP contribution in [0.3, 0.4) is 0 Å². The summed E-state index contributed by atoms with van der Waals surface area (Å²) in [6.45, 7) is 0. The van der Waals surface area contributed by atoms with E-state index in [-0.39, 0.29) is 22.0 Å². The van der Waals surface area contributed by atoms with E-state index in [9.17, 15) is 15.0 Å². The Morgan fingerprint density at radius 3 is 2.59 bits per heavy atom. The fraction of sp³-hybridized carbons (Fsp3) is 0. The molecule has 0 saturated carbocycles. The molecule has 17 heavy (non-hydrogen) atoms. The quantitative estimate of drug-likeness (QED) is 0.710. The molecule has 7 heteroatoms. The SMILES string of the molecule is O=C(O)c1cc(-c2ccc(Cl)c(O)c2O)no1. The third-order valence-electron chi connectivity index (χ3n) is 2.10. The van der Waals surface area contributed by atoms with Gasteiger partial charge in [0.1, 0.15) is 5.69 Å². The van der Waals surface area contributed by atoms with Crippen molar-refractivity contribution in [3.05, 3.63) is 29.0 Å². The number of benzene rings is 1. The molecule has 0 saturated heterocycles. The van der Waals surface area contributed by atoms with Crippen LogP contribution >= 0.6 is 11.6 Å². The van der Waals surface area contributed by atoms with Crippen molar-refractivity contribution in [1.29, 1.82) is 0 Å². The summed E-state index contributed by atoms with van der Waals surface area (Å²) >= 11 is 5.58. The Balaban J connectivity index is 2.53. The minimum absolute atomic E-state index is 0.0202. The number of aromatic carboxylic acids is 1. The Morgan fingerprint density at radius 2 is 2.00 bits per heavy atom. The van der Waals surface area contributed by atoms with Crippen LogP contribution in [-0.4, -0.2) is 26.4 Å². The van der Waals surface area contributed by atoms with Gasteiger partial charge in [0.15, 0.2) is 11.5 Å². The van der Waals surface area contributed by atoms with Gasteiger partial charge in [-0.05, 0) is 12.1 Å². The summed E-state index contributed by atoms with van der Waals surface area (Å²) in [4.78, 5) is 10.6. The largest absolute Gasteiger partial charge is 0.504 e. The molecule has 0 fully saturated rings. The molecule has 0 bridgehead atoms. The maximum absolute atomic E-state index is 10.6. The van der Waals surface area contributed by atoms with Crippen molar-refractivity contribution < 1.29 is 24.6 Å². The van der Waals surface area contributed by atoms with Gasteiger partial charge in [0.25, 0.3) is 0 Å². The molecule has 88 valence electrons. The first-order valence-corrected chi connectivity index (χ1v) is 4.79. The zero-order valence-corrected chi connectivity index (χ0v) is 8.97. The number of aromatic nitrogens is 1. The van der Waals surface area contributed by atoms with Gasteiger partial charge in [-0.1, -0.05) is 16.8 Å². The van der Waals surface area contributed by atoms with Crippen LogP contribution in [0.2, 0.25) is 5.02 Å². The summed E-state index contributed by atoms with van der Waals surface area (Å²) in [6.07, 6.45) is 0. The zero-order chi connectivity index (χ0) is 12.6. The Bertz CT molecular complexity index is 592. The molecule has 0 amide bonds. The lowest BCUT2D eigenvalue weighted by atomic mass is 10.1. The van der Waals surface area contributed by atoms with Crippen molar-refractivity contribution in [2.45, 2.75) is 0 Å². The van der Waals surface area contributed by atoms with Gasteiger partial charge in [-0.3, -0.25) is 0 Å². The van der Waals surface area contributed by atoms with Gasteiger partial charge in [0, 0.05) is 11.6 Å². The summed E-state index contributed by atoms with van der Waals surface area (Å²) in [5, 5.41) is 31.1. The number of aromatic hydroxyl groups is 2. The topological polar surface area (TPSA) is 104 Å². The number of carbonyl (C=O) groups is 1. The first kappa shape index (κ1) is 11.3. The normalized spacial score (nSPS) is 10.4. The first-order valence-electron chi connectivity index (χ1n) is 4.41. The second kappa shape index (κ2) is 3.99. The van der Waals surface area contributed by atoms with Crippen LogP contribution in [0.4, 0.5) is 0 Å². The van der Waals surface area contributed by atoms with E-state index in [4.69, 9.17) is 16.7 Å². The van der Waals surface area contributed by atoms with Crippen LogP contribution in [0, 0.1) is 0 Å². The van der Waals surface area contributed by atoms with Crippen molar-refractivity contribution in [1.82, 2.24) is 5.16 Å². The van der Waals surface area contributed by atoms with Gasteiger partial charge in [-0.15, -0.1) is 0 Å². The fourth-order valence-corrected chi connectivity index (χ4v) is 1.42. The second-order valence-corrected chi connectivity index (χ2v) is 3.58. The predicted molar refractivity (Wildman–Crippen MR) is 57.2 cm³/mol. The summed E-state index contributed by atoms with van der Waals surface area (Å²) in [5.74, 6) is -2.62. The molecule has 0 radical (unpaired) electrons. The number of phenolic OH excluding ortho intramolecular Hbond substituents is 2. The Labute approximate surface area is 99.7 Å². The van der Waals surface area contributed by atoms with Crippen LogP contribution < -0.4 is 0 Å². The Morgan fingerprint density at radius 1 is 1.29 bits per heavy atom. The van der Waals surface area contributed by atoms with E-state index in [1.165, 1.54) is 12.1 Å². The molecule has 1 aromatic heterocycles. The van der Waals surface area contributed by atoms with E-state index in [1.54, 1.807) is 0 Å². The molecule has 0 atom stereocenters. The lowest BCUT2D eigenvalue weighted by Crippen LogP contribution is -1.91. The predicted octanol–water partition coefficient (Wildman–Crippen LogP) is 2.10. The van der Waals surface area contributed by atoms with Gasteiger partial charge in [-0.25, -0.2) is 4.79 Å². The van der Waals surface area contributed by atoms with E-state index in [2.05, 4.69) is 9.68 Å². The molecule has 0 aliphatic heterocycles. The fourth-order valence-electron chi connectivity index (χ4n) is 1.26. The number of halogens is 1. The first-order chi connectivity index (χ1) is 8.00. The van der Waals surface area contributed by atoms with E-state index in [0.717, 1.165) is 6.07 Å². The molecule has 3 N–H and O–H groups in total. The van der Waals surface area contributed by atoms with Crippen LogP contribution in [0.15, 0.2) is 22.7 Å². The van der Waals surface area contributed by atoms with Crippen molar-refractivity contribution in [3.63, 3.8) is 0 Å². The molecule has 1 aromatic carbocycles. The number of hydrogen-bond donors (Lipinski definition) is 3. The number of rotatable bonds is 2. The highest BCUT2D eigenvalue weighted by Crippen LogP contribution is 2.40. The molecule has 2 aromatic rings. The van der Waals surface area contributed by atoms with E-state index < -0.39 is 17.5 Å². The molecule has 2 rings (SSSR count).